The first-order valence-corrected chi connectivity index (χ1v) is 9.30. The monoisotopic (exact) mass is 385 g/mol. The Labute approximate surface area is 165 Å². The normalized spacial score (nSPS) is 14.4. The van der Waals surface area contributed by atoms with Crippen molar-refractivity contribution in [2.75, 3.05) is 19.0 Å². The van der Waals surface area contributed by atoms with Crippen LogP contribution in [0.1, 0.15) is 32.8 Å². The van der Waals surface area contributed by atoms with Crippen LogP contribution in [0.4, 0.5) is 10.6 Å². The maximum absolute atomic E-state index is 11.4. The van der Waals surface area contributed by atoms with E-state index in [-0.39, 0.29) is 5.54 Å². The summed E-state index contributed by atoms with van der Waals surface area (Å²) in [6.45, 7) is 7.18. The van der Waals surface area contributed by atoms with Gasteiger partial charge < -0.3 is 19.9 Å². The van der Waals surface area contributed by atoms with Crippen LogP contribution in [-0.4, -0.2) is 30.3 Å². The van der Waals surface area contributed by atoms with Crippen molar-refractivity contribution >= 4 is 11.9 Å². The van der Waals surface area contributed by atoms with E-state index in [0.29, 0.717) is 30.7 Å². The van der Waals surface area contributed by atoms with Crippen molar-refractivity contribution in [2.24, 2.45) is 11.7 Å². The highest BCUT2D eigenvalue weighted by Gasteiger charge is 2.23. The van der Waals surface area contributed by atoms with Gasteiger partial charge in [-0.25, -0.2) is 9.78 Å². The number of hydrogen-bond donors (Lipinski definition) is 2. The summed E-state index contributed by atoms with van der Waals surface area (Å²) in [5.74, 6) is 2.33. The molecule has 1 atom stereocenters. The second kappa shape index (κ2) is 8.06. The van der Waals surface area contributed by atoms with Crippen LogP contribution in [0.15, 0.2) is 30.5 Å². The fraction of sp³-hybridized carbons (Fsp3) is 0.429. The molecule has 1 unspecified atom stereocenters. The molecule has 1 amide bonds. The van der Waals surface area contributed by atoms with Crippen molar-refractivity contribution < 1.29 is 19.0 Å². The van der Waals surface area contributed by atoms with Gasteiger partial charge in [-0.1, -0.05) is 19.9 Å². The minimum absolute atomic E-state index is 0.382. The smallest absolute Gasteiger partial charge is 0.412 e. The molecule has 3 N–H and O–H groups in total. The first-order valence-electron chi connectivity index (χ1n) is 9.30. The number of hydrogen-bond acceptors (Lipinski definition) is 6. The Morgan fingerprint density at radius 2 is 2.14 bits per heavy atom. The van der Waals surface area contributed by atoms with Crippen LogP contribution in [0, 0.1) is 5.92 Å². The standard InChI is InChI=1S/C21H27N3O4/c1-13(2)9-21(3,22)12-28-15-5-6-16-14(7-15)11-27-18-10-23-19(8-17(16)18)24-20(25)26-4/h5-8,10,13H,9,11-12,22H2,1-4H3,(H,23,24,25). The predicted octanol–water partition coefficient (Wildman–Crippen LogP) is 3.96. The molecule has 0 aliphatic carbocycles. The summed E-state index contributed by atoms with van der Waals surface area (Å²) in [7, 11) is 1.31. The van der Waals surface area contributed by atoms with Crippen LogP contribution >= 0.6 is 0 Å². The molecule has 0 radical (unpaired) electrons. The number of pyridine rings is 1. The summed E-state index contributed by atoms with van der Waals surface area (Å²) in [5.41, 5.74) is 8.83. The van der Waals surface area contributed by atoms with Gasteiger partial charge in [-0.2, -0.15) is 0 Å². The van der Waals surface area contributed by atoms with Gasteiger partial charge in [0.2, 0.25) is 0 Å². The third kappa shape index (κ3) is 4.72. The molecule has 150 valence electrons. The highest BCUT2D eigenvalue weighted by atomic mass is 16.5. The Bertz CT molecular complexity index is 865. The van der Waals surface area contributed by atoms with Crippen LogP contribution < -0.4 is 20.5 Å². The van der Waals surface area contributed by atoms with E-state index in [1.165, 1.54) is 7.11 Å². The molecule has 28 heavy (non-hydrogen) atoms. The predicted molar refractivity (Wildman–Crippen MR) is 108 cm³/mol. The van der Waals surface area contributed by atoms with E-state index in [1.54, 1.807) is 12.3 Å². The molecule has 0 saturated carbocycles. The van der Waals surface area contributed by atoms with E-state index in [1.807, 2.05) is 25.1 Å². The average Bonchev–Trinajstić information content (AvgIpc) is 2.65. The van der Waals surface area contributed by atoms with Crippen molar-refractivity contribution in [1.82, 2.24) is 4.98 Å². The summed E-state index contributed by atoms with van der Waals surface area (Å²) < 4.78 is 16.4. The molecule has 1 aromatic heterocycles. The summed E-state index contributed by atoms with van der Waals surface area (Å²) in [4.78, 5) is 15.6. The third-order valence-electron chi connectivity index (χ3n) is 4.48. The number of fused-ring (bicyclic) bond motifs is 3. The lowest BCUT2D eigenvalue weighted by molar-refractivity contribution is 0.187. The van der Waals surface area contributed by atoms with Crippen molar-refractivity contribution in [1.29, 1.82) is 0 Å². The number of carbonyl (C=O) groups is 1. The number of methoxy groups -OCH3 is 1. The fourth-order valence-electron chi connectivity index (χ4n) is 3.43. The largest absolute Gasteiger partial charge is 0.492 e. The quantitative estimate of drug-likeness (QED) is 0.781. The highest BCUT2D eigenvalue weighted by Crippen LogP contribution is 2.39. The summed E-state index contributed by atoms with van der Waals surface area (Å²) in [5, 5.41) is 2.57. The third-order valence-corrected chi connectivity index (χ3v) is 4.48. The Balaban J connectivity index is 1.79. The van der Waals surface area contributed by atoms with Crippen LogP contribution in [0.5, 0.6) is 11.5 Å². The van der Waals surface area contributed by atoms with Gasteiger partial charge in [0.05, 0.1) is 13.3 Å². The number of amides is 1. The molecule has 1 aliphatic rings. The molecule has 0 saturated heterocycles. The molecule has 7 heteroatoms. The molecule has 0 bridgehead atoms. The van der Waals surface area contributed by atoms with Gasteiger partial charge in [0, 0.05) is 16.7 Å². The van der Waals surface area contributed by atoms with Crippen LogP contribution in [-0.2, 0) is 11.3 Å². The van der Waals surface area contributed by atoms with E-state index in [0.717, 1.165) is 28.9 Å². The lowest BCUT2D eigenvalue weighted by atomic mass is 9.93. The van der Waals surface area contributed by atoms with Gasteiger partial charge in [0.25, 0.3) is 0 Å². The molecule has 0 fully saturated rings. The number of rotatable bonds is 6. The number of carbonyl (C=O) groups excluding carboxylic acids is 1. The van der Waals surface area contributed by atoms with E-state index < -0.39 is 6.09 Å². The molecule has 7 nitrogen and oxygen atoms in total. The first-order chi connectivity index (χ1) is 13.3. The number of anilines is 1. The number of nitrogens with one attached hydrogen (secondary N) is 1. The number of ether oxygens (including phenoxy) is 3. The van der Waals surface area contributed by atoms with E-state index in [2.05, 4.69) is 28.9 Å². The zero-order chi connectivity index (χ0) is 20.3. The lowest BCUT2D eigenvalue weighted by Gasteiger charge is -2.27. The van der Waals surface area contributed by atoms with E-state index in [9.17, 15) is 4.79 Å². The van der Waals surface area contributed by atoms with Gasteiger partial charge in [-0.15, -0.1) is 0 Å². The summed E-state index contributed by atoms with van der Waals surface area (Å²) in [6.07, 6.45) is 1.91. The number of benzene rings is 1. The number of aromatic nitrogens is 1. The van der Waals surface area contributed by atoms with Gasteiger partial charge in [-0.3, -0.25) is 5.32 Å². The molecule has 2 heterocycles. The van der Waals surface area contributed by atoms with Crippen molar-refractivity contribution in [3.05, 3.63) is 36.0 Å². The lowest BCUT2D eigenvalue weighted by Crippen LogP contribution is -2.43. The molecule has 1 aromatic carbocycles. The Hall–Kier alpha value is -2.80. The maximum atomic E-state index is 11.4. The SMILES string of the molecule is COC(=O)Nc1cc2c(cn1)OCc1cc(OCC(C)(N)CC(C)C)ccc1-2. The van der Waals surface area contributed by atoms with Gasteiger partial charge in [0.15, 0.2) is 0 Å². The zero-order valence-electron chi connectivity index (χ0n) is 16.7. The zero-order valence-corrected chi connectivity index (χ0v) is 16.7. The van der Waals surface area contributed by atoms with Crippen molar-refractivity contribution in [3.8, 4) is 22.6 Å². The Morgan fingerprint density at radius 1 is 1.36 bits per heavy atom. The highest BCUT2D eigenvalue weighted by molar-refractivity contribution is 5.86. The summed E-state index contributed by atoms with van der Waals surface area (Å²) >= 11 is 0. The molecule has 2 aromatic rings. The topological polar surface area (TPSA) is 95.7 Å². The number of nitrogens with two attached hydrogens (primary N) is 1. The molecular formula is C21H27N3O4. The first kappa shape index (κ1) is 19.9. The fourth-order valence-corrected chi connectivity index (χ4v) is 3.43. The second-order valence-corrected chi connectivity index (χ2v) is 7.83. The minimum Gasteiger partial charge on any atom is -0.492 e. The Morgan fingerprint density at radius 3 is 2.86 bits per heavy atom. The molecule has 1 aliphatic heterocycles. The van der Waals surface area contributed by atoms with Crippen molar-refractivity contribution in [2.45, 2.75) is 39.3 Å². The molecular weight excluding hydrogens is 358 g/mol. The average molecular weight is 385 g/mol. The summed E-state index contributed by atoms with van der Waals surface area (Å²) in [6, 6.07) is 7.65. The van der Waals surface area contributed by atoms with Gasteiger partial charge in [0.1, 0.15) is 30.5 Å². The van der Waals surface area contributed by atoms with E-state index in [4.69, 9.17) is 15.2 Å². The Kier molecular flexibility index (Phi) is 5.74. The van der Waals surface area contributed by atoms with Crippen LogP contribution in [0.2, 0.25) is 0 Å². The van der Waals surface area contributed by atoms with Crippen LogP contribution in [0.3, 0.4) is 0 Å². The van der Waals surface area contributed by atoms with Gasteiger partial charge in [-0.05, 0) is 43.0 Å². The van der Waals surface area contributed by atoms with Crippen LogP contribution in [0.25, 0.3) is 11.1 Å². The van der Waals surface area contributed by atoms with Crippen molar-refractivity contribution in [3.63, 3.8) is 0 Å². The van der Waals surface area contributed by atoms with Gasteiger partial charge >= 0.3 is 6.09 Å². The number of nitrogens with zero attached hydrogens (tertiary/aromatic N) is 1. The maximum Gasteiger partial charge on any atom is 0.412 e. The minimum atomic E-state index is -0.570. The molecule has 3 rings (SSSR count). The second-order valence-electron chi connectivity index (χ2n) is 7.83. The van der Waals surface area contributed by atoms with E-state index >= 15 is 0 Å². The molecule has 0 spiro atoms.